The first kappa shape index (κ1) is 15.4. The van der Waals surface area contributed by atoms with Gasteiger partial charge in [0.25, 0.3) is 0 Å². The maximum absolute atomic E-state index is 4.57. The smallest absolute Gasteiger partial charge is 0.185 e. The predicted molar refractivity (Wildman–Crippen MR) is 80.6 cm³/mol. The Morgan fingerprint density at radius 3 is 2.61 bits per heavy atom. The van der Waals surface area contributed by atoms with Gasteiger partial charge in [-0.3, -0.25) is 0 Å². The van der Waals surface area contributed by atoms with Crippen LogP contribution in [0, 0.1) is 0 Å². The highest BCUT2D eigenvalue weighted by molar-refractivity contribution is 7.15. The minimum absolute atomic E-state index is 0.383. The lowest BCUT2D eigenvalue weighted by atomic mass is 10.3. The van der Waals surface area contributed by atoms with E-state index in [1.807, 2.05) is 13.2 Å². The van der Waals surface area contributed by atoms with Crippen LogP contribution in [-0.4, -0.2) is 50.7 Å². The zero-order valence-electron chi connectivity index (χ0n) is 12.2. The molecule has 5 heteroatoms. The maximum atomic E-state index is 4.57. The van der Waals surface area contributed by atoms with E-state index < -0.39 is 0 Å². The number of aromatic nitrogens is 1. The van der Waals surface area contributed by atoms with Gasteiger partial charge in [-0.25, -0.2) is 4.98 Å². The van der Waals surface area contributed by atoms with Gasteiger partial charge in [0.15, 0.2) is 5.13 Å². The van der Waals surface area contributed by atoms with Gasteiger partial charge < -0.3 is 15.1 Å². The summed E-state index contributed by atoms with van der Waals surface area (Å²) in [6, 6.07) is 0.383. The molecule has 0 amide bonds. The monoisotopic (exact) mass is 270 g/mol. The van der Waals surface area contributed by atoms with Crippen molar-refractivity contribution in [3.63, 3.8) is 0 Å². The van der Waals surface area contributed by atoms with Gasteiger partial charge in [-0.05, 0) is 34.5 Å². The van der Waals surface area contributed by atoms with Gasteiger partial charge in [-0.15, -0.1) is 11.3 Å². The third-order valence-corrected chi connectivity index (χ3v) is 4.19. The Bertz CT molecular complexity index is 337. The van der Waals surface area contributed by atoms with E-state index in [4.69, 9.17) is 0 Å². The fraction of sp³-hybridized carbons (Fsp3) is 0.769. The highest BCUT2D eigenvalue weighted by Gasteiger charge is 2.13. The summed E-state index contributed by atoms with van der Waals surface area (Å²) in [6.45, 7) is 7.57. The van der Waals surface area contributed by atoms with Crippen molar-refractivity contribution in [1.82, 2.24) is 15.2 Å². The Hall–Kier alpha value is -0.650. The van der Waals surface area contributed by atoms with Gasteiger partial charge in [0.2, 0.25) is 0 Å². The molecule has 1 heterocycles. The molecular formula is C13H26N4S. The molecular weight excluding hydrogens is 244 g/mol. The number of anilines is 1. The summed E-state index contributed by atoms with van der Waals surface area (Å²) < 4.78 is 0. The van der Waals surface area contributed by atoms with Crippen molar-refractivity contribution < 1.29 is 0 Å². The second kappa shape index (κ2) is 7.71. The lowest BCUT2D eigenvalue weighted by molar-refractivity contribution is 0.413. The Balaban J connectivity index is 2.69. The molecule has 0 saturated heterocycles. The average Bonchev–Trinajstić information content (AvgIpc) is 2.82. The number of likely N-dealkylation sites (N-methyl/N-ethyl adjacent to an activating group) is 1. The standard InChI is InChI=1S/C13H26N4S/c1-6-7-17(9-8-16(4)5)13-15-10-12(18-13)11(2)14-3/h10-11,14H,6-9H2,1-5H3. The Kier molecular flexibility index (Phi) is 6.60. The van der Waals surface area contributed by atoms with Crippen LogP contribution in [-0.2, 0) is 0 Å². The van der Waals surface area contributed by atoms with E-state index in [2.05, 4.69) is 48.0 Å². The zero-order chi connectivity index (χ0) is 13.5. The molecule has 1 aromatic heterocycles. The van der Waals surface area contributed by atoms with E-state index >= 15 is 0 Å². The molecule has 0 aliphatic heterocycles. The third-order valence-electron chi connectivity index (χ3n) is 2.95. The topological polar surface area (TPSA) is 31.4 Å². The van der Waals surface area contributed by atoms with Crippen molar-refractivity contribution >= 4 is 16.5 Å². The summed E-state index contributed by atoms with van der Waals surface area (Å²) in [5.74, 6) is 0. The molecule has 0 aliphatic carbocycles. The third kappa shape index (κ3) is 4.55. The molecule has 0 aliphatic rings. The first-order valence-electron chi connectivity index (χ1n) is 6.61. The number of rotatable bonds is 8. The average molecular weight is 270 g/mol. The number of nitrogens with one attached hydrogen (secondary N) is 1. The summed E-state index contributed by atoms with van der Waals surface area (Å²) in [5, 5.41) is 4.41. The normalized spacial score (nSPS) is 13.0. The largest absolute Gasteiger partial charge is 0.347 e. The van der Waals surface area contributed by atoms with Gasteiger partial charge >= 0.3 is 0 Å². The van der Waals surface area contributed by atoms with E-state index in [-0.39, 0.29) is 0 Å². The Morgan fingerprint density at radius 2 is 2.06 bits per heavy atom. The number of nitrogens with zero attached hydrogens (tertiary/aromatic N) is 3. The van der Waals surface area contributed by atoms with Crippen LogP contribution < -0.4 is 10.2 Å². The lowest BCUT2D eigenvalue weighted by Gasteiger charge is -2.23. The van der Waals surface area contributed by atoms with Crippen molar-refractivity contribution in [3.8, 4) is 0 Å². The van der Waals surface area contributed by atoms with E-state index in [9.17, 15) is 0 Å². The van der Waals surface area contributed by atoms with Crippen LogP contribution in [0.5, 0.6) is 0 Å². The van der Waals surface area contributed by atoms with Crippen molar-refractivity contribution in [2.45, 2.75) is 26.3 Å². The fourth-order valence-electron chi connectivity index (χ4n) is 1.66. The van der Waals surface area contributed by atoms with Crippen molar-refractivity contribution in [3.05, 3.63) is 11.1 Å². The second-order valence-corrected chi connectivity index (χ2v) is 5.89. The van der Waals surface area contributed by atoms with E-state index in [1.54, 1.807) is 11.3 Å². The first-order chi connectivity index (χ1) is 8.58. The summed E-state index contributed by atoms with van der Waals surface area (Å²) in [4.78, 5) is 10.5. The van der Waals surface area contributed by atoms with E-state index in [0.29, 0.717) is 6.04 Å². The fourth-order valence-corrected chi connectivity index (χ4v) is 2.69. The second-order valence-electron chi connectivity index (χ2n) is 4.85. The highest BCUT2D eigenvalue weighted by atomic mass is 32.1. The molecule has 1 rings (SSSR count). The van der Waals surface area contributed by atoms with Gasteiger partial charge in [0.1, 0.15) is 0 Å². The molecule has 0 radical (unpaired) electrons. The molecule has 1 atom stereocenters. The van der Waals surface area contributed by atoms with E-state index in [0.717, 1.165) is 31.2 Å². The van der Waals surface area contributed by atoms with Crippen LogP contribution in [0.4, 0.5) is 5.13 Å². The van der Waals surface area contributed by atoms with Gasteiger partial charge in [-0.1, -0.05) is 6.92 Å². The van der Waals surface area contributed by atoms with Gasteiger partial charge in [0.05, 0.1) is 0 Å². The maximum Gasteiger partial charge on any atom is 0.185 e. The Labute approximate surface area is 115 Å². The predicted octanol–water partition coefficient (Wildman–Crippen LogP) is 2.20. The molecule has 1 aromatic rings. The van der Waals surface area contributed by atoms with Crippen molar-refractivity contribution in [1.29, 1.82) is 0 Å². The molecule has 0 bridgehead atoms. The molecule has 0 fully saturated rings. The summed E-state index contributed by atoms with van der Waals surface area (Å²) in [6.07, 6.45) is 3.16. The lowest BCUT2D eigenvalue weighted by Crippen LogP contribution is -2.32. The molecule has 4 nitrogen and oxygen atoms in total. The van der Waals surface area contributed by atoms with Crippen molar-refractivity contribution in [2.75, 3.05) is 45.7 Å². The van der Waals surface area contributed by atoms with Gasteiger partial charge in [0, 0.05) is 36.8 Å². The van der Waals surface area contributed by atoms with Crippen LogP contribution >= 0.6 is 11.3 Å². The molecule has 1 N–H and O–H groups in total. The van der Waals surface area contributed by atoms with Crippen LogP contribution in [0.15, 0.2) is 6.20 Å². The summed E-state index contributed by atoms with van der Waals surface area (Å²) in [7, 11) is 6.21. The molecule has 104 valence electrons. The SMILES string of the molecule is CCCN(CCN(C)C)c1ncc(C(C)NC)s1. The first-order valence-corrected chi connectivity index (χ1v) is 7.42. The minimum atomic E-state index is 0.383. The molecule has 18 heavy (non-hydrogen) atoms. The van der Waals surface area contributed by atoms with Crippen LogP contribution in [0.2, 0.25) is 0 Å². The molecule has 1 unspecified atom stereocenters. The quantitative estimate of drug-likeness (QED) is 0.785. The molecule has 0 saturated carbocycles. The van der Waals surface area contributed by atoms with Gasteiger partial charge in [-0.2, -0.15) is 0 Å². The van der Waals surface area contributed by atoms with Crippen molar-refractivity contribution in [2.24, 2.45) is 0 Å². The van der Waals surface area contributed by atoms with Crippen LogP contribution in [0.1, 0.15) is 31.2 Å². The molecule has 0 spiro atoms. The summed E-state index contributed by atoms with van der Waals surface area (Å²) >= 11 is 1.80. The van der Waals surface area contributed by atoms with E-state index in [1.165, 1.54) is 4.88 Å². The summed E-state index contributed by atoms with van der Waals surface area (Å²) in [5.41, 5.74) is 0. The Morgan fingerprint density at radius 1 is 1.33 bits per heavy atom. The molecule has 0 aromatic carbocycles. The minimum Gasteiger partial charge on any atom is -0.347 e. The van der Waals surface area contributed by atoms with Crippen LogP contribution in [0.3, 0.4) is 0 Å². The number of hydrogen-bond acceptors (Lipinski definition) is 5. The highest BCUT2D eigenvalue weighted by Crippen LogP contribution is 2.26. The zero-order valence-corrected chi connectivity index (χ0v) is 13.0. The van der Waals surface area contributed by atoms with Crippen LogP contribution in [0.25, 0.3) is 0 Å². The number of hydrogen-bond donors (Lipinski definition) is 1. The number of thiazole rings is 1.